The van der Waals surface area contributed by atoms with Crippen molar-refractivity contribution in [1.82, 2.24) is 15.5 Å². The fourth-order valence-corrected chi connectivity index (χ4v) is 3.35. The van der Waals surface area contributed by atoms with Crippen LogP contribution in [0.1, 0.15) is 18.1 Å². The summed E-state index contributed by atoms with van der Waals surface area (Å²) in [5.74, 6) is -2.29. The van der Waals surface area contributed by atoms with Crippen LogP contribution in [0.5, 0.6) is 5.75 Å². The van der Waals surface area contributed by atoms with Crippen LogP contribution in [0, 0.1) is 11.6 Å². The molecule has 2 aromatic carbocycles. The van der Waals surface area contributed by atoms with Crippen molar-refractivity contribution in [2.45, 2.75) is 18.9 Å². The molecule has 1 atom stereocenters. The lowest BCUT2D eigenvalue weighted by Crippen LogP contribution is -2.44. The number of hydrogen-bond acceptors (Lipinski definition) is 4. The van der Waals surface area contributed by atoms with Crippen molar-refractivity contribution in [3.8, 4) is 5.75 Å². The largest absolute Gasteiger partial charge is 0.496 e. The average Bonchev–Trinajstić information content (AvgIpc) is 2.94. The van der Waals surface area contributed by atoms with Gasteiger partial charge in [-0.2, -0.15) is 0 Å². The van der Waals surface area contributed by atoms with Gasteiger partial charge >= 0.3 is 6.03 Å². The van der Waals surface area contributed by atoms with Gasteiger partial charge in [0.1, 0.15) is 29.5 Å². The van der Waals surface area contributed by atoms with E-state index < -0.39 is 41.6 Å². The number of para-hydroxylation sites is 1. The van der Waals surface area contributed by atoms with Gasteiger partial charge in [0.25, 0.3) is 5.91 Å². The smallest absolute Gasteiger partial charge is 0.325 e. The second-order valence-electron chi connectivity index (χ2n) is 6.98. The fourth-order valence-electron chi connectivity index (χ4n) is 3.35. The van der Waals surface area contributed by atoms with E-state index in [1.165, 1.54) is 6.92 Å². The Balaban J connectivity index is 1.64. The van der Waals surface area contributed by atoms with Gasteiger partial charge in [0.2, 0.25) is 5.91 Å². The van der Waals surface area contributed by atoms with Crippen molar-refractivity contribution < 1.29 is 27.9 Å². The van der Waals surface area contributed by atoms with E-state index >= 15 is 0 Å². The van der Waals surface area contributed by atoms with E-state index in [0.717, 1.165) is 23.8 Å². The minimum Gasteiger partial charge on any atom is -0.496 e. The summed E-state index contributed by atoms with van der Waals surface area (Å²) >= 11 is 0. The molecule has 1 aliphatic rings. The molecular weight excluding hydrogens is 396 g/mol. The summed E-state index contributed by atoms with van der Waals surface area (Å²) in [7, 11) is 1.55. The summed E-state index contributed by atoms with van der Waals surface area (Å²) in [5.41, 5.74) is -1.22. The Bertz CT molecular complexity index is 998. The molecular formula is C21H21F2N3O4. The van der Waals surface area contributed by atoms with E-state index in [4.69, 9.17) is 4.74 Å². The highest BCUT2D eigenvalue weighted by atomic mass is 19.1. The second kappa shape index (κ2) is 8.48. The lowest BCUT2D eigenvalue weighted by molar-refractivity contribution is -0.134. The average molecular weight is 417 g/mol. The molecule has 30 heavy (non-hydrogen) atoms. The fraction of sp³-hybridized carbons (Fsp3) is 0.286. The topological polar surface area (TPSA) is 87.7 Å². The number of carbonyl (C=O) groups is 3. The van der Waals surface area contributed by atoms with E-state index in [-0.39, 0.29) is 12.1 Å². The van der Waals surface area contributed by atoms with Crippen LogP contribution < -0.4 is 15.4 Å². The molecule has 3 rings (SSSR count). The number of carbonyl (C=O) groups excluding carboxylic acids is 3. The minimum absolute atomic E-state index is 0.263. The van der Waals surface area contributed by atoms with Crippen LogP contribution in [0.2, 0.25) is 0 Å². The molecule has 1 aliphatic heterocycles. The van der Waals surface area contributed by atoms with Crippen molar-refractivity contribution in [2.24, 2.45) is 0 Å². The number of ether oxygens (including phenoxy) is 1. The highest BCUT2D eigenvalue weighted by Crippen LogP contribution is 2.31. The number of rotatable bonds is 7. The van der Waals surface area contributed by atoms with Crippen LogP contribution in [0.4, 0.5) is 13.6 Å². The number of imide groups is 1. The van der Waals surface area contributed by atoms with Crippen LogP contribution in [0.15, 0.2) is 42.5 Å². The van der Waals surface area contributed by atoms with Crippen LogP contribution in [-0.4, -0.2) is 42.9 Å². The van der Waals surface area contributed by atoms with Gasteiger partial charge in [0.15, 0.2) is 0 Å². The summed E-state index contributed by atoms with van der Waals surface area (Å²) in [6.45, 7) is 0.992. The van der Waals surface area contributed by atoms with Gasteiger partial charge in [-0.15, -0.1) is 0 Å². The summed E-state index contributed by atoms with van der Waals surface area (Å²) in [6, 6.07) is 9.13. The molecule has 2 aromatic rings. The summed E-state index contributed by atoms with van der Waals surface area (Å²) < 4.78 is 33.0. The molecule has 9 heteroatoms. The number of halogens is 2. The third kappa shape index (κ3) is 4.10. The molecule has 2 N–H and O–H groups in total. The van der Waals surface area contributed by atoms with Crippen LogP contribution in [-0.2, 0) is 21.5 Å². The van der Waals surface area contributed by atoms with Crippen molar-refractivity contribution in [3.05, 3.63) is 65.2 Å². The predicted molar refractivity (Wildman–Crippen MR) is 104 cm³/mol. The normalized spacial score (nSPS) is 18.3. The quantitative estimate of drug-likeness (QED) is 0.676. The number of amides is 4. The highest BCUT2D eigenvalue weighted by Gasteiger charge is 2.50. The minimum atomic E-state index is -1.80. The molecule has 0 radical (unpaired) electrons. The van der Waals surface area contributed by atoms with Crippen molar-refractivity contribution in [2.75, 3.05) is 20.2 Å². The number of urea groups is 1. The van der Waals surface area contributed by atoms with E-state index in [1.54, 1.807) is 13.2 Å². The first-order valence-corrected chi connectivity index (χ1v) is 9.24. The van der Waals surface area contributed by atoms with Gasteiger partial charge in [-0.3, -0.25) is 14.5 Å². The molecule has 1 saturated heterocycles. The number of benzene rings is 2. The molecule has 0 spiro atoms. The molecule has 7 nitrogen and oxygen atoms in total. The number of nitrogens with one attached hydrogen (secondary N) is 2. The Kier molecular flexibility index (Phi) is 6.00. The molecule has 0 aliphatic carbocycles. The summed E-state index contributed by atoms with van der Waals surface area (Å²) in [5, 5.41) is 4.99. The van der Waals surface area contributed by atoms with Crippen molar-refractivity contribution >= 4 is 17.8 Å². The van der Waals surface area contributed by atoms with E-state index in [9.17, 15) is 23.2 Å². The Morgan fingerprint density at radius 1 is 1.20 bits per heavy atom. The van der Waals surface area contributed by atoms with Crippen LogP contribution in [0.25, 0.3) is 0 Å². The van der Waals surface area contributed by atoms with Gasteiger partial charge in [-0.25, -0.2) is 13.6 Å². The van der Waals surface area contributed by atoms with E-state index in [0.29, 0.717) is 17.1 Å². The number of methoxy groups -OCH3 is 1. The second-order valence-corrected chi connectivity index (χ2v) is 6.98. The van der Waals surface area contributed by atoms with Gasteiger partial charge in [-0.05, 0) is 43.2 Å². The Morgan fingerprint density at radius 2 is 1.93 bits per heavy atom. The van der Waals surface area contributed by atoms with Crippen molar-refractivity contribution in [1.29, 1.82) is 0 Å². The predicted octanol–water partition coefficient (Wildman–Crippen LogP) is 2.10. The lowest BCUT2D eigenvalue weighted by Gasteiger charge is -2.22. The zero-order chi connectivity index (χ0) is 21.9. The van der Waals surface area contributed by atoms with Gasteiger partial charge in [-0.1, -0.05) is 18.2 Å². The number of hydrogen-bond donors (Lipinski definition) is 2. The van der Waals surface area contributed by atoms with E-state index in [1.807, 2.05) is 18.2 Å². The lowest BCUT2D eigenvalue weighted by atomic mass is 9.91. The van der Waals surface area contributed by atoms with Crippen molar-refractivity contribution in [3.63, 3.8) is 0 Å². The first-order chi connectivity index (χ1) is 14.3. The maximum atomic E-state index is 14.2. The molecule has 1 heterocycles. The zero-order valence-electron chi connectivity index (χ0n) is 16.5. The van der Waals surface area contributed by atoms with E-state index in [2.05, 4.69) is 10.6 Å². The molecule has 0 bridgehead atoms. The molecule has 0 aromatic heterocycles. The van der Waals surface area contributed by atoms with Gasteiger partial charge in [0.05, 0.1) is 7.11 Å². The third-order valence-corrected chi connectivity index (χ3v) is 4.95. The summed E-state index contributed by atoms with van der Waals surface area (Å²) in [6.07, 6.45) is 0.488. The van der Waals surface area contributed by atoms with Crippen LogP contribution >= 0.6 is 0 Å². The first-order valence-electron chi connectivity index (χ1n) is 9.24. The SMILES string of the molecule is COc1ccccc1CCNC(=O)CN1C(=O)NC(C)(c2cc(F)ccc2F)C1=O. The molecule has 1 unspecified atom stereocenters. The Morgan fingerprint density at radius 3 is 2.67 bits per heavy atom. The standard InChI is InChI=1S/C21H21F2N3O4/c1-21(15-11-14(22)7-8-16(15)23)19(28)26(20(29)25-21)12-18(27)24-10-9-13-5-3-4-6-17(13)30-2/h3-8,11H,9-10,12H2,1-2H3,(H,24,27)(H,25,29). The molecule has 0 saturated carbocycles. The maximum Gasteiger partial charge on any atom is 0.325 e. The van der Waals surface area contributed by atoms with Crippen LogP contribution in [0.3, 0.4) is 0 Å². The zero-order valence-corrected chi connectivity index (χ0v) is 16.5. The Hall–Kier alpha value is -3.49. The number of nitrogens with zero attached hydrogens (tertiary/aromatic N) is 1. The molecule has 158 valence electrons. The van der Waals surface area contributed by atoms with Gasteiger partial charge in [0, 0.05) is 12.1 Å². The molecule has 4 amide bonds. The summed E-state index contributed by atoms with van der Waals surface area (Å²) in [4.78, 5) is 38.0. The maximum absolute atomic E-state index is 14.2. The third-order valence-electron chi connectivity index (χ3n) is 4.95. The monoisotopic (exact) mass is 417 g/mol. The first kappa shape index (κ1) is 21.2. The Labute approximate surface area is 172 Å². The molecule has 1 fully saturated rings. The van der Waals surface area contributed by atoms with Gasteiger partial charge < -0.3 is 15.4 Å². The highest BCUT2D eigenvalue weighted by molar-refractivity contribution is 6.09.